The lowest BCUT2D eigenvalue weighted by molar-refractivity contribution is -0.122. The van der Waals surface area contributed by atoms with Crippen molar-refractivity contribution in [1.29, 1.82) is 0 Å². The van der Waals surface area contributed by atoms with Crippen LogP contribution in [0, 0.1) is 0 Å². The third-order valence-electron chi connectivity index (χ3n) is 5.89. The second-order valence-corrected chi connectivity index (χ2v) is 10.8. The number of amides is 2. The van der Waals surface area contributed by atoms with Crippen LogP contribution in [0.1, 0.15) is 5.56 Å². The number of carbonyl (C=O) groups excluding carboxylic acids is 2. The van der Waals surface area contributed by atoms with Crippen molar-refractivity contribution in [3.05, 3.63) is 87.7 Å². The lowest BCUT2D eigenvalue weighted by atomic mass is 10.0. The first-order valence-electron chi connectivity index (χ1n) is 10.4. The highest BCUT2D eigenvalue weighted by molar-refractivity contribution is 8.02. The van der Waals surface area contributed by atoms with Gasteiger partial charge in [-0.25, -0.2) is 4.98 Å². The number of anilines is 2. The van der Waals surface area contributed by atoms with E-state index in [-0.39, 0.29) is 17.6 Å². The Balaban J connectivity index is 1.35. The summed E-state index contributed by atoms with van der Waals surface area (Å²) in [6.45, 7) is 0. The molecule has 6 rings (SSSR count). The Hall–Kier alpha value is -2.84. The molecule has 34 heavy (non-hydrogen) atoms. The molecule has 3 heterocycles. The molecule has 2 aliphatic heterocycles. The fraction of sp³-hybridized carbons (Fsp3) is 0.0800. The quantitative estimate of drug-likeness (QED) is 0.325. The number of aromatic nitrogens is 1. The summed E-state index contributed by atoms with van der Waals surface area (Å²) in [4.78, 5) is 31.3. The number of thiazole rings is 1. The number of hydrogen-bond donors (Lipinski definition) is 1. The smallest absolute Gasteiger partial charge is 0.266 e. The molecule has 2 aliphatic rings. The second-order valence-electron chi connectivity index (χ2n) is 7.90. The number of nitrogens with one attached hydrogen (secondary N) is 1. The van der Waals surface area contributed by atoms with E-state index in [1.165, 1.54) is 11.8 Å². The van der Waals surface area contributed by atoms with Crippen LogP contribution in [0.3, 0.4) is 0 Å². The van der Waals surface area contributed by atoms with E-state index in [2.05, 4.69) is 5.32 Å². The summed E-state index contributed by atoms with van der Waals surface area (Å²) in [7, 11) is 0. The van der Waals surface area contributed by atoms with Crippen molar-refractivity contribution in [2.45, 2.75) is 4.87 Å². The van der Waals surface area contributed by atoms with Gasteiger partial charge in [0, 0.05) is 43.5 Å². The van der Waals surface area contributed by atoms with Gasteiger partial charge in [-0.2, -0.15) is 0 Å². The Morgan fingerprint density at radius 3 is 2.38 bits per heavy atom. The van der Waals surface area contributed by atoms with E-state index in [1.54, 1.807) is 34.4 Å². The minimum Gasteiger partial charge on any atom is -0.323 e. The van der Waals surface area contributed by atoms with E-state index in [0.29, 0.717) is 27.0 Å². The molecule has 1 unspecified atom stereocenters. The van der Waals surface area contributed by atoms with Gasteiger partial charge < -0.3 is 5.32 Å². The minimum absolute atomic E-state index is 0.126. The van der Waals surface area contributed by atoms with Crippen molar-refractivity contribution in [2.75, 3.05) is 16.0 Å². The number of halogens is 2. The summed E-state index contributed by atoms with van der Waals surface area (Å²) in [5.74, 6) is -0.159. The SMILES string of the molecule is O=C1CSC2(C(=O)Nc3ccc(Cl)cc32)N1c1ccc(-c2csc(-c3ccc(Cl)cc3)n2)cc1. The molecule has 0 radical (unpaired) electrons. The summed E-state index contributed by atoms with van der Waals surface area (Å²) in [5, 5.41) is 7.01. The molecule has 1 N–H and O–H groups in total. The molecule has 9 heteroatoms. The van der Waals surface area contributed by atoms with Crippen molar-refractivity contribution in [3.8, 4) is 21.8 Å². The fourth-order valence-corrected chi connectivity index (χ4v) is 6.75. The van der Waals surface area contributed by atoms with Gasteiger partial charge in [0.05, 0.1) is 11.4 Å². The van der Waals surface area contributed by atoms with Crippen molar-refractivity contribution >= 4 is 69.5 Å². The van der Waals surface area contributed by atoms with Gasteiger partial charge in [-0.3, -0.25) is 14.5 Å². The van der Waals surface area contributed by atoms with Gasteiger partial charge in [-0.15, -0.1) is 23.1 Å². The largest absolute Gasteiger partial charge is 0.323 e. The predicted octanol–water partition coefficient (Wildman–Crippen LogP) is 6.67. The highest BCUT2D eigenvalue weighted by atomic mass is 35.5. The number of carbonyl (C=O) groups is 2. The molecule has 4 aromatic rings. The molecule has 0 bridgehead atoms. The van der Waals surface area contributed by atoms with Crippen molar-refractivity contribution in [2.24, 2.45) is 0 Å². The Morgan fingerprint density at radius 1 is 0.912 bits per heavy atom. The molecule has 1 atom stereocenters. The van der Waals surface area contributed by atoms with E-state index in [1.807, 2.05) is 53.9 Å². The summed E-state index contributed by atoms with van der Waals surface area (Å²) < 4.78 is 0. The van der Waals surface area contributed by atoms with E-state index >= 15 is 0 Å². The van der Waals surface area contributed by atoms with Crippen LogP contribution in [-0.2, 0) is 14.5 Å². The number of rotatable bonds is 3. The first-order valence-corrected chi connectivity index (χ1v) is 13.0. The molecule has 3 aromatic carbocycles. The molecule has 0 aliphatic carbocycles. The van der Waals surface area contributed by atoms with Gasteiger partial charge in [0.1, 0.15) is 5.01 Å². The fourth-order valence-electron chi connectivity index (χ4n) is 4.31. The molecule has 1 fully saturated rings. The Labute approximate surface area is 213 Å². The molecule has 0 saturated carbocycles. The van der Waals surface area contributed by atoms with E-state index in [0.717, 1.165) is 21.8 Å². The normalized spacial score (nSPS) is 19.1. The van der Waals surface area contributed by atoms with Gasteiger partial charge in [0.2, 0.25) is 10.8 Å². The maximum Gasteiger partial charge on any atom is 0.266 e. The maximum absolute atomic E-state index is 13.2. The van der Waals surface area contributed by atoms with Crippen LogP contribution in [0.25, 0.3) is 21.8 Å². The standard InChI is InChI=1S/C25H15Cl2N3O2S2/c26-16-5-1-15(2-6-16)23-28-21(12-33-23)14-3-8-18(9-4-14)30-22(31)13-34-25(30)19-11-17(27)7-10-20(19)29-24(25)32/h1-12H,13H2,(H,29,32). The molecule has 1 saturated heterocycles. The summed E-state index contributed by atoms with van der Waals surface area (Å²) in [6, 6.07) is 20.4. The van der Waals surface area contributed by atoms with E-state index < -0.39 is 4.87 Å². The molecule has 2 amide bonds. The van der Waals surface area contributed by atoms with Crippen LogP contribution in [0.2, 0.25) is 10.0 Å². The maximum atomic E-state index is 13.2. The molecular weight excluding hydrogens is 509 g/mol. The number of benzene rings is 3. The van der Waals surface area contributed by atoms with Crippen LogP contribution in [0.15, 0.2) is 72.1 Å². The summed E-state index contributed by atoms with van der Waals surface area (Å²) in [5.41, 5.74) is 4.80. The van der Waals surface area contributed by atoms with E-state index in [9.17, 15) is 9.59 Å². The topological polar surface area (TPSA) is 62.3 Å². The van der Waals surface area contributed by atoms with Crippen LogP contribution >= 0.6 is 46.3 Å². The first kappa shape index (κ1) is 21.7. The highest BCUT2D eigenvalue weighted by Crippen LogP contribution is 2.54. The van der Waals surface area contributed by atoms with Gasteiger partial charge in [-0.05, 0) is 42.5 Å². The second kappa shape index (κ2) is 8.13. The minimum atomic E-state index is -1.17. The third kappa shape index (κ3) is 3.34. The molecule has 168 valence electrons. The number of nitrogens with zero attached hydrogens (tertiary/aromatic N) is 2. The zero-order valence-electron chi connectivity index (χ0n) is 17.4. The first-order chi connectivity index (χ1) is 16.5. The van der Waals surface area contributed by atoms with Crippen molar-refractivity contribution in [3.63, 3.8) is 0 Å². The lowest BCUT2D eigenvalue weighted by Gasteiger charge is -2.32. The van der Waals surface area contributed by atoms with Gasteiger partial charge in [0.15, 0.2) is 0 Å². The zero-order valence-corrected chi connectivity index (χ0v) is 20.6. The average Bonchev–Trinajstić information content (AvgIpc) is 3.53. The molecular formula is C25H15Cl2N3O2S2. The number of fused-ring (bicyclic) bond motifs is 2. The van der Waals surface area contributed by atoms with Crippen LogP contribution in [-0.4, -0.2) is 22.6 Å². The molecule has 5 nitrogen and oxygen atoms in total. The van der Waals surface area contributed by atoms with Gasteiger partial charge in [0.25, 0.3) is 5.91 Å². The Morgan fingerprint density at radius 2 is 1.62 bits per heavy atom. The Bertz CT molecular complexity index is 1450. The highest BCUT2D eigenvalue weighted by Gasteiger charge is 2.58. The van der Waals surface area contributed by atoms with Crippen LogP contribution < -0.4 is 10.2 Å². The molecule has 1 aromatic heterocycles. The number of thioether (sulfide) groups is 1. The third-order valence-corrected chi connectivity index (χ3v) is 8.66. The predicted molar refractivity (Wildman–Crippen MR) is 140 cm³/mol. The van der Waals surface area contributed by atoms with E-state index in [4.69, 9.17) is 28.2 Å². The van der Waals surface area contributed by atoms with Crippen LogP contribution in [0.4, 0.5) is 11.4 Å². The van der Waals surface area contributed by atoms with Gasteiger partial charge >= 0.3 is 0 Å². The lowest BCUT2D eigenvalue weighted by Crippen LogP contribution is -2.47. The summed E-state index contributed by atoms with van der Waals surface area (Å²) in [6.07, 6.45) is 0. The van der Waals surface area contributed by atoms with Crippen molar-refractivity contribution in [1.82, 2.24) is 4.98 Å². The average molecular weight is 524 g/mol. The molecule has 1 spiro atoms. The monoisotopic (exact) mass is 523 g/mol. The van der Waals surface area contributed by atoms with Crippen molar-refractivity contribution < 1.29 is 9.59 Å². The number of hydrogen-bond acceptors (Lipinski definition) is 5. The zero-order chi connectivity index (χ0) is 23.4. The summed E-state index contributed by atoms with van der Waals surface area (Å²) >= 11 is 15.1. The van der Waals surface area contributed by atoms with Gasteiger partial charge in [-0.1, -0.05) is 47.5 Å². The van der Waals surface area contributed by atoms with Crippen LogP contribution in [0.5, 0.6) is 0 Å². The Kier molecular flexibility index (Phi) is 5.18.